The van der Waals surface area contributed by atoms with Crippen LogP contribution in [0, 0.1) is 0 Å². The number of nitrogens with zero attached hydrogens (tertiary/aromatic N) is 1. The third-order valence-corrected chi connectivity index (χ3v) is 5.39. The summed E-state index contributed by atoms with van der Waals surface area (Å²) in [5, 5.41) is 0. The summed E-state index contributed by atoms with van der Waals surface area (Å²) in [4.78, 5) is 4.47. The van der Waals surface area contributed by atoms with Gasteiger partial charge in [0.25, 0.3) is 0 Å². The monoisotopic (exact) mass is 302 g/mol. The van der Waals surface area contributed by atoms with Crippen molar-refractivity contribution in [3.05, 3.63) is 59.9 Å². The number of fused-ring (bicyclic) bond motifs is 1. The quantitative estimate of drug-likeness (QED) is 0.944. The molecule has 1 aromatic heterocycles. The summed E-state index contributed by atoms with van der Waals surface area (Å²) in [6.45, 7) is 0.439. The molecular weight excluding hydrogens is 284 g/mol. The fourth-order valence-corrected chi connectivity index (χ4v) is 3.95. The summed E-state index contributed by atoms with van der Waals surface area (Å²) in [5.74, 6) is 0.232. The van der Waals surface area contributed by atoms with Crippen LogP contribution in [-0.4, -0.2) is 19.9 Å². The molecule has 1 aromatic carbocycles. The topological polar surface area (TPSA) is 59.1 Å². The van der Waals surface area contributed by atoms with E-state index in [2.05, 4.69) is 9.71 Å². The predicted octanol–water partition coefficient (Wildman–Crippen LogP) is 2.48. The molecule has 21 heavy (non-hydrogen) atoms. The molecule has 2 aromatic rings. The molecule has 0 fully saturated rings. The van der Waals surface area contributed by atoms with Crippen LogP contribution in [-0.2, 0) is 16.4 Å². The van der Waals surface area contributed by atoms with E-state index in [1.54, 1.807) is 30.5 Å². The Morgan fingerprint density at radius 1 is 1.19 bits per heavy atom. The standard InChI is InChI=1S/C16H18N2O2S/c19-21(20,15-7-2-1-3-8-15)18-12-14-6-4-5-13-11-17-10-9-16(13)14/h1-3,7-11,14,18H,4-6,12H2. The van der Waals surface area contributed by atoms with Gasteiger partial charge in [0, 0.05) is 18.9 Å². The van der Waals surface area contributed by atoms with Crippen molar-refractivity contribution in [3.63, 3.8) is 0 Å². The second-order valence-corrected chi connectivity index (χ2v) is 7.10. The summed E-state index contributed by atoms with van der Waals surface area (Å²) in [7, 11) is -3.43. The first kappa shape index (κ1) is 14.2. The second-order valence-electron chi connectivity index (χ2n) is 5.33. The van der Waals surface area contributed by atoms with E-state index < -0.39 is 10.0 Å². The Morgan fingerprint density at radius 3 is 2.81 bits per heavy atom. The molecule has 1 atom stereocenters. The Labute approximate surface area is 125 Å². The first-order valence-electron chi connectivity index (χ1n) is 7.14. The predicted molar refractivity (Wildman–Crippen MR) is 81.5 cm³/mol. The van der Waals surface area contributed by atoms with Crippen molar-refractivity contribution in [3.8, 4) is 0 Å². The minimum atomic E-state index is -3.43. The summed E-state index contributed by atoms with van der Waals surface area (Å²) in [6.07, 6.45) is 6.80. The van der Waals surface area contributed by atoms with Gasteiger partial charge in [0.15, 0.2) is 0 Å². The first-order valence-corrected chi connectivity index (χ1v) is 8.62. The van der Waals surface area contributed by atoms with Crippen LogP contribution in [0.5, 0.6) is 0 Å². The third-order valence-electron chi connectivity index (χ3n) is 3.95. The van der Waals surface area contributed by atoms with Gasteiger partial charge in [-0.15, -0.1) is 0 Å². The van der Waals surface area contributed by atoms with Gasteiger partial charge in [-0.1, -0.05) is 18.2 Å². The van der Waals surface area contributed by atoms with Crippen LogP contribution in [0.4, 0.5) is 0 Å². The Balaban J connectivity index is 1.75. The minimum absolute atomic E-state index is 0.232. The van der Waals surface area contributed by atoms with E-state index in [4.69, 9.17) is 0 Å². The zero-order valence-corrected chi connectivity index (χ0v) is 12.5. The smallest absolute Gasteiger partial charge is 0.240 e. The molecule has 0 saturated heterocycles. The molecule has 110 valence electrons. The molecule has 4 nitrogen and oxygen atoms in total. The maximum atomic E-state index is 12.3. The maximum absolute atomic E-state index is 12.3. The van der Waals surface area contributed by atoms with Crippen molar-refractivity contribution in [2.45, 2.75) is 30.1 Å². The number of sulfonamides is 1. The molecule has 0 bridgehead atoms. The lowest BCUT2D eigenvalue weighted by Crippen LogP contribution is -2.30. The molecule has 1 unspecified atom stereocenters. The molecule has 1 N–H and O–H groups in total. The normalized spacial score (nSPS) is 18.2. The van der Waals surface area contributed by atoms with E-state index in [0.717, 1.165) is 19.3 Å². The number of hydrogen-bond donors (Lipinski definition) is 1. The third kappa shape index (κ3) is 3.14. The van der Waals surface area contributed by atoms with E-state index >= 15 is 0 Å². The number of pyridine rings is 1. The van der Waals surface area contributed by atoms with Gasteiger partial charge in [-0.25, -0.2) is 13.1 Å². The first-order chi connectivity index (χ1) is 10.2. The molecule has 1 aliphatic rings. The maximum Gasteiger partial charge on any atom is 0.240 e. The number of aromatic nitrogens is 1. The number of hydrogen-bond acceptors (Lipinski definition) is 3. The molecule has 3 rings (SSSR count). The lowest BCUT2D eigenvalue weighted by atomic mass is 9.84. The molecule has 1 heterocycles. The van der Waals surface area contributed by atoms with Gasteiger partial charge >= 0.3 is 0 Å². The Kier molecular flexibility index (Phi) is 4.03. The largest absolute Gasteiger partial charge is 0.264 e. The number of aryl methyl sites for hydroxylation is 1. The van der Waals surface area contributed by atoms with E-state index in [-0.39, 0.29) is 5.92 Å². The molecule has 0 aliphatic heterocycles. The lowest BCUT2D eigenvalue weighted by molar-refractivity contribution is 0.528. The van der Waals surface area contributed by atoms with Gasteiger partial charge in [0.1, 0.15) is 0 Å². The van der Waals surface area contributed by atoms with Crippen molar-refractivity contribution >= 4 is 10.0 Å². The van der Waals surface area contributed by atoms with E-state index in [1.165, 1.54) is 11.1 Å². The Morgan fingerprint density at radius 2 is 2.00 bits per heavy atom. The zero-order valence-electron chi connectivity index (χ0n) is 11.7. The molecule has 0 amide bonds. The summed E-state index contributed by atoms with van der Waals surface area (Å²) in [5.41, 5.74) is 2.47. The molecule has 5 heteroatoms. The number of benzene rings is 1. The number of rotatable bonds is 4. The SMILES string of the molecule is O=S(=O)(NCC1CCCc2cnccc21)c1ccccc1. The van der Waals surface area contributed by atoms with E-state index in [0.29, 0.717) is 11.4 Å². The Bertz CT molecular complexity index is 714. The minimum Gasteiger partial charge on any atom is -0.264 e. The van der Waals surface area contributed by atoms with Crippen LogP contribution in [0.15, 0.2) is 53.7 Å². The van der Waals surface area contributed by atoms with Crippen LogP contribution in [0.2, 0.25) is 0 Å². The highest BCUT2D eigenvalue weighted by Crippen LogP contribution is 2.30. The van der Waals surface area contributed by atoms with Crippen molar-refractivity contribution in [1.82, 2.24) is 9.71 Å². The van der Waals surface area contributed by atoms with E-state index in [1.807, 2.05) is 18.3 Å². The molecule has 0 radical (unpaired) electrons. The molecular formula is C16H18N2O2S. The number of nitrogens with one attached hydrogen (secondary N) is 1. The fraction of sp³-hybridized carbons (Fsp3) is 0.312. The van der Waals surface area contributed by atoms with Gasteiger partial charge in [0.2, 0.25) is 10.0 Å². The van der Waals surface area contributed by atoms with Gasteiger partial charge in [0.05, 0.1) is 4.90 Å². The average Bonchev–Trinajstić information content (AvgIpc) is 2.54. The van der Waals surface area contributed by atoms with Gasteiger partial charge in [-0.3, -0.25) is 4.98 Å². The summed E-state index contributed by atoms with van der Waals surface area (Å²) >= 11 is 0. The zero-order chi connectivity index (χ0) is 14.7. The van der Waals surface area contributed by atoms with Crippen LogP contribution in [0.1, 0.15) is 29.9 Å². The molecule has 0 spiro atoms. The highest BCUT2D eigenvalue weighted by Gasteiger charge is 2.22. The summed E-state index contributed by atoms with van der Waals surface area (Å²) in [6, 6.07) is 10.5. The second kappa shape index (κ2) is 5.95. The van der Waals surface area contributed by atoms with Crippen LogP contribution in [0.3, 0.4) is 0 Å². The summed E-state index contributed by atoms with van der Waals surface area (Å²) < 4.78 is 27.3. The lowest BCUT2D eigenvalue weighted by Gasteiger charge is -2.25. The van der Waals surface area contributed by atoms with Crippen molar-refractivity contribution < 1.29 is 8.42 Å². The average molecular weight is 302 g/mol. The van der Waals surface area contributed by atoms with Gasteiger partial charge < -0.3 is 0 Å². The van der Waals surface area contributed by atoms with Crippen LogP contribution < -0.4 is 4.72 Å². The van der Waals surface area contributed by atoms with E-state index in [9.17, 15) is 8.42 Å². The fourth-order valence-electron chi connectivity index (χ4n) is 2.84. The molecule has 0 saturated carbocycles. The van der Waals surface area contributed by atoms with Crippen molar-refractivity contribution in [2.24, 2.45) is 0 Å². The highest BCUT2D eigenvalue weighted by atomic mass is 32.2. The van der Waals surface area contributed by atoms with Crippen LogP contribution in [0.25, 0.3) is 0 Å². The molecule has 1 aliphatic carbocycles. The van der Waals surface area contributed by atoms with Crippen molar-refractivity contribution in [1.29, 1.82) is 0 Å². The van der Waals surface area contributed by atoms with Crippen molar-refractivity contribution in [2.75, 3.05) is 6.54 Å². The van der Waals surface area contributed by atoms with Crippen LogP contribution >= 0.6 is 0 Å². The van der Waals surface area contributed by atoms with Gasteiger partial charge in [-0.05, 0) is 54.5 Å². The Hall–Kier alpha value is -1.72. The highest BCUT2D eigenvalue weighted by molar-refractivity contribution is 7.89. The van der Waals surface area contributed by atoms with Gasteiger partial charge in [-0.2, -0.15) is 0 Å².